The lowest BCUT2D eigenvalue weighted by Crippen LogP contribution is -2.24. The summed E-state index contributed by atoms with van der Waals surface area (Å²) in [5.74, 6) is 0.488. The minimum Gasteiger partial charge on any atom is -0.380 e. The molecule has 1 heterocycles. The number of ether oxygens (including phenoxy) is 1. The molecule has 0 saturated heterocycles. The van der Waals surface area contributed by atoms with E-state index in [1.807, 2.05) is 0 Å². The van der Waals surface area contributed by atoms with Crippen molar-refractivity contribution >= 4 is 9.84 Å². The fourth-order valence-electron chi connectivity index (χ4n) is 1.17. The normalized spacial score (nSPS) is 15.8. The molecule has 7 nitrogen and oxygen atoms in total. The van der Waals surface area contributed by atoms with Crippen LogP contribution in [0.4, 0.5) is 0 Å². The van der Waals surface area contributed by atoms with Gasteiger partial charge in [0.25, 0.3) is 0 Å². The molecule has 0 aliphatic heterocycles. The van der Waals surface area contributed by atoms with Crippen LogP contribution < -0.4 is 5.73 Å². The van der Waals surface area contributed by atoms with Crippen molar-refractivity contribution in [3.05, 3.63) is 11.7 Å². The Morgan fingerprint density at radius 3 is 2.65 bits per heavy atom. The monoisotopic (exact) mass is 263 g/mol. The van der Waals surface area contributed by atoms with Crippen LogP contribution in [0.25, 0.3) is 0 Å². The number of nitrogens with zero attached hydrogens (tertiary/aromatic N) is 2. The third kappa shape index (κ3) is 3.76. The van der Waals surface area contributed by atoms with Gasteiger partial charge in [0.15, 0.2) is 15.7 Å². The second-order valence-corrected chi connectivity index (χ2v) is 6.18. The lowest BCUT2D eigenvalue weighted by Gasteiger charge is -2.08. The highest BCUT2D eigenvalue weighted by Gasteiger charge is 2.23. The highest BCUT2D eigenvalue weighted by molar-refractivity contribution is 7.90. The van der Waals surface area contributed by atoms with Gasteiger partial charge in [-0.3, -0.25) is 0 Å². The second-order valence-electron chi connectivity index (χ2n) is 3.82. The Kier molecular flexibility index (Phi) is 4.61. The van der Waals surface area contributed by atoms with E-state index in [1.165, 1.54) is 14.0 Å². The van der Waals surface area contributed by atoms with E-state index in [4.69, 9.17) is 15.0 Å². The molecule has 1 aromatic heterocycles. The Hall–Kier alpha value is -0.990. The van der Waals surface area contributed by atoms with Gasteiger partial charge in [-0.05, 0) is 6.92 Å². The zero-order valence-corrected chi connectivity index (χ0v) is 10.9. The summed E-state index contributed by atoms with van der Waals surface area (Å²) in [6.45, 7) is 1.84. The van der Waals surface area contributed by atoms with Crippen LogP contribution in [0.3, 0.4) is 0 Å². The van der Waals surface area contributed by atoms with E-state index in [-0.39, 0.29) is 11.9 Å². The Labute approximate surface area is 100 Å². The summed E-state index contributed by atoms with van der Waals surface area (Å²) in [5.41, 5.74) is 5.46. The van der Waals surface area contributed by atoms with Gasteiger partial charge in [0.1, 0.15) is 5.25 Å². The van der Waals surface area contributed by atoms with Crippen LogP contribution in [0, 0.1) is 0 Å². The third-order valence-electron chi connectivity index (χ3n) is 2.49. The molecule has 2 N–H and O–H groups in total. The van der Waals surface area contributed by atoms with Gasteiger partial charge in [0, 0.05) is 19.9 Å². The Morgan fingerprint density at radius 1 is 1.53 bits per heavy atom. The number of sulfone groups is 1. The number of methoxy groups -OCH3 is 1. The van der Waals surface area contributed by atoms with Crippen molar-refractivity contribution in [2.24, 2.45) is 5.73 Å². The minimum atomic E-state index is -3.22. The van der Waals surface area contributed by atoms with Crippen molar-refractivity contribution in [1.29, 1.82) is 0 Å². The Balaban J connectivity index is 2.78. The first-order valence-electron chi connectivity index (χ1n) is 5.12. The molecule has 0 spiro atoms. The van der Waals surface area contributed by atoms with E-state index >= 15 is 0 Å². The minimum absolute atomic E-state index is 0.161. The van der Waals surface area contributed by atoms with E-state index in [9.17, 15) is 8.42 Å². The van der Waals surface area contributed by atoms with Gasteiger partial charge in [0.2, 0.25) is 5.89 Å². The summed E-state index contributed by atoms with van der Waals surface area (Å²) >= 11 is 0. The van der Waals surface area contributed by atoms with Gasteiger partial charge >= 0.3 is 0 Å². The molecule has 0 aromatic carbocycles. The molecule has 1 aromatic rings. The maximum atomic E-state index is 11.3. The van der Waals surface area contributed by atoms with Gasteiger partial charge in [-0.15, -0.1) is 0 Å². The van der Waals surface area contributed by atoms with Crippen LogP contribution in [0.5, 0.6) is 0 Å². The number of nitrogens with two attached hydrogens (primary N) is 1. The number of rotatable bonds is 6. The third-order valence-corrected chi connectivity index (χ3v) is 3.98. The average molecular weight is 263 g/mol. The predicted octanol–water partition coefficient (Wildman–Crippen LogP) is -0.309. The fraction of sp³-hybridized carbons (Fsp3) is 0.778. The molecule has 0 amide bonds. The standard InChI is InChI=1S/C9H17N3O4S/c1-6(17(3,13)14)9-11-8(16-12-9)4-7(5-10)15-2/h6-7H,4-5,10H2,1-3H3. The van der Waals surface area contributed by atoms with Crippen molar-refractivity contribution in [3.8, 4) is 0 Å². The topological polar surface area (TPSA) is 108 Å². The van der Waals surface area contributed by atoms with Gasteiger partial charge in [0.05, 0.1) is 12.5 Å². The summed E-state index contributed by atoms with van der Waals surface area (Å²) in [6.07, 6.45) is 1.29. The van der Waals surface area contributed by atoms with Gasteiger partial charge in [-0.1, -0.05) is 5.16 Å². The largest absolute Gasteiger partial charge is 0.380 e. The molecule has 0 aliphatic carbocycles. The summed E-state index contributed by atoms with van der Waals surface area (Å²) in [7, 11) is -1.69. The molecule has 0 radical (unpaired) electrons. The van der Waals surface area contributed by atoms with Crippen LogP contribution in [0.2, 0.25) is 0 Å². The maximum absolute atomic E-state index is 11.3. The van der Waals surface area contributed by atoms with Crippen LogP contribution in [-0.4, -0.2) is 44.6 Å². The van der Waals surface area contributed by atoms with E-state index < -0.39 is 15.1 Å². The summed E-state index contributed by atoms with van der Waals surface area (Å²) < 4.78 is 32.6. The van der Waals surface area contributed by atoms with Crippen LogP contribution in [-0.2, 0) is 21.0 Å². The van der Waals surface area contributed by atoms with Crippen LogP contribution in [0.1, 0.15) is 23.9 Å². The summed E-state index contributed by atoms with van der Waals surface area (Å²) in [5, 5.41) is 2.86. The van der Waals surface area contributed by atoms with Crippen LogP contribution >= 0.6 is 0 Å². The number of hydrogen-bond acceptors (Lipinski definition) is 7. The number of hydrogen-bond donors (Lipinski definition) is 1. The molecule has 0 fully saturated rings. The van der Waals surface area contributed by atoms with E-state index in [0.717, 1.165) is 6.26 Å². The summed E-state index contributed by atoms with van der Waals surface area (Å²) in [6, 6.07) is 0. The second kappa shape index (κ2) is 5.56. The summed E-state index contributed by atoms with van der Waals surface area (Å²) in [4.78, 5) is 4.02. The molecule has 0 bridgehead atoms. The Bertz CT molecular complexity index is 453. The first kappa shape index (κ1) is 14.1. The lowest BCUT2D eigenvalue weighted by molar-refractivity contribution is 0.102. The molecule has 17 heavy (non-hydrogen) atoms. The smallest absolute Gasteiger partial charge is 0.229 e. The quantitative estimate of drug-likeness (QED) is 0.749. The molecule has 0 aliphatic rings. The highest BCUT2D eigenvalue weighted by Crippen LogP contribution is 2.17. The first-order valence-corrected chi connectivity index (χ1v) is 7.08. The van der Waals surface area contributed by atoms with Gasteiger partial charge in [-0.2, -0.15) is 4.98 Å². The molecule has 0 saturated carbocycles. The Morgan fingerprint density at radius 2 is 2.18 bits per heavy atom. The first-order chi connectivity index (χ1) is 7.88. The molecular weight excluding hydrogens is 246 g/mol. The predicted molar refractivity (Wildman–Crippen MR) is 61.1 cm³/mol. The number of aromatic nitrogens is 2. The zero-order chi connectivity index (χ0) is 13.1. The molecular formula is C9H17N3O4S. The van der Waals surface area contributed by atoms with Gasteiger partial charge in [-0.25, -0.2) is 8.42 Å². The molecule has 98 valence electrons. The molecule has 2 unspecified atom stereocenters. The van der Waals surface area contributed by atoms with Crippen molar-refractivity contribution in [2.75, 3.05) is 19.9 Å². The molecule has 2 atom stereocenters. The van der Waals surface area contributed by atoms with Crippen molar-refractivity contribution in [1.82, 2.24) is 10.1 Å². The molecule has 8 heteroatoms. The van der Waals surface area contributed by atoms with Crippen molar-refractivity contribution in [2.45, 2.75) is 24.7 Å². The molecule has 1 rings (SSSR count). The van der Waals surface area contributed by atoms with Crippen molar-refractivity contribution in [3.63, 3.8) is 0 Å². The van der Waals surface area contributed by atoms with Crippen molar-refractivity contribution < 1.29 is 17.7 Å². The van der Waals surface area contributed by atoms with E-state index in [1.54, 1.807) is 0 Å². The van der Waals surface area contributed by atoms with Crippen LogP contribution in [0.15, 0.2) is 4.52 Å². The average Bonchev–Trinajstić information content (AvgIpc) is 2.71. The van der Waals surface area contributed by atoms with E-state index in [2.05, 4.69) is 10.1 Å². The lowest BCUT2D eigenvalue weighted by atomic mass is 10.2. The fourth-order valence-corrected chi connectivity index (χ4v) is 1.64. The zero-order valence-electron chi connectivity index (χ0n) is 10.1. The SMILES string of the molecule is COC(CN)Cc1nc(C(C)S(C)(=O)=O)no1. The van der Waals surface area contributed by atoms with Gasteiger partial charge < -0.3 is 15.0 Å². The van der Waals surface area contributed by atoms with E-state index in [0.29, 0.717) is 18.9 Å². The highest BCUT2D eigenvalue weighted by atomic mass is 32.2. The maximum Gasteiger partial charge on any atom is 0.229 e.